The number of carbonyl (C=O) groups is 2. The average molecular weight is 380 g/mol. The summed E-state index contributed by atoms with van der Waals surface area (Å²) in [6.07, 6.45) is 6.49. The number of hydrogen-bond acceptors (Lipinski definition) is 3. The van der Waals surface area contributed by atoms with Crippen LogP contribution in [0.4, 0.5) is 5.69 Å². The highest BCUT2D eigenvalue weighted by atomic mass is 35.5. The van der Waals surface area contributed by atoms with E-state index in [2.05, 4.69) is 5.32 Å². The summed E-state index contributed by atoms with van der Waals surface area (Å²) in [5.41, 5.74) is 6.97. The van der Waals surface area contributed by atoms with Crippen LogP contribution in [0.1, 0.15) is 62.7 Å². The van der Waals surface area contributed by atoms with Gasteiger partial charge < -0.3 is 16.0 Å². The zero-order chi connectivity index (χ0) is 19.3. The predicted molar refractivity (Wildman–Crippen MR) is 106 cm³/mol. The summed E-state index contributed by atoms with van der Waals surface area (Å²) < 4.78 is 0. The van der Waals surface area contributed by atoms with Gasteiger partial charge in [-0.1, -0.05) is 51.1 Å². The van der Waals surface area contributed by atoms with E-state index < -0.39 is 6.04 Å². The largest absolute Gasteiger partial charge is 0.339 e. The molecule has 1 aromatic carbocycles. The lowest BCUT2D eigenvalue weighted by Crippen LogP contribution is -2.40. The summed E-state index contributed by atoms with van der Waals surface area (Å²) in [6.45, 7) is 3.94. The summed E-state index contributed by atoms with van der Waals surface area (Å²) in [4.78, 5) is 26.8. The predicted octanol–water partition coefficient (Wildman–Crippen LogP) is 4.06. The van der Waals surface area contributed by atoms with Gasteiger partial charge in [0.1, 0.15) is 0 Å². The van der Waals surface area contributed by atoms with Gasteiger partial charge in [-0.05, 0) is 37.0 Å². The van der Waals surface area contributed by atoms with Crippen molar-refractivity contribution in [1.29, 1.82) is 0 Å². The summed E-state index contributed by atoms with van der Waals surface area (Å²) >= 11 is 6.33. The Kier molecular flexibility index (Phi) is 7.47. The van der Waals surface area contributed by atoms with Gasteiger partial charge in [0.05, 0.1) is 16.6 Å². The van der Waals surface area contributed by atoms with Gasteiger partial charge in [0, 0.05) is 18.8 Å². The molecule has 0 aromatic heterocycles. The van der Waals surface area contributed by atoms with Crippen LogP contribution in [0.3, 0.4) is 0 Å². The Morgan fingerprint density at radius 3 is 2.54 bits per heavy atom. The van der Waals surface area contributed by atoms with Crippen molar-refractivity contribution < 1.29 is 9.59 Å². The molecule has 0 aliphatic heterocycles. The number of halogens is 1. The van der Waals surface area contributed by atoms with Crippen molar-refractivity contribution in [3.05, 3.63) is 28.8 Å². The standard InChI is InChI=1S/C20H30ClN3O2/c1-4-13(2)18(22)19(25)23-14-10-11-16(17(21)12-14)20(26)24(3)15-8-6-5-7-9-15/h10-13,15,18H,4-9,22H2,1-3H3,(H,23,25). The monoisotopic (exact) mass is 379 g/mol. The lowest BCUT2D eigenvalue weighted by Gasteiger charge is -2.31. The van der Waals surface area contributed by atoms with Crippen LogP contribution in [-0.2, 0) is 4.79 Å². The first-order valence-electron chi connectivity index (χ1n) is 9.48. The molecular formula is C20H30ClN3O2. The number of nitrogens with one attached hydrogen (secondary N) is 1. The van der Waals surface area contributed by atoms with Crippen LogP contribution in [0, 0.1) is 5.92 Å². The van der Waals surface area contributed by atoms with Gasteiger partial charge in [-0.15, -0.1) is 0 Å². The normalized spacial score (nSPS) is 17.4. The Morgan fingerprint density at radius 1 is 1.31 bits per heavy atom. The Morgan fingerprint density at radius 2 is 1.96 bits per heavy atom. The highest BCUT2D eigenvalue weighted by Crippen LogP contribution is 2.26. The second-order valence-corrected chi connectivity index (χ2v) is 7.71. The Labute approximate surface area is 161 Å². The SMILES string of the molecule is CCC(C)C(N)C(=O)Nc1ccc(C(=O)N(C)C2CCCCC2)c(Cl)c1. The van der Waals surface area contributed by atoms with Crippen LogP contribution in [0.5, 0.6) is 0 Å². The third-order valence-electron chi connectivity index (χ3n) is 5.47. The molecule has 2 unspecified atom stereocenters. The quantitative estimate of drug-likeness (QED) is 0.782. The molecule has 0 heterocycles. The summed E-state index contributed by atoms with van der Waals surface area (Å²) in [5, 5.41) is 3.12. The maximum atomic E-state index is 12.8. The van der Waals surface area contributed by atoms with E-state index in [1.807, 2.05) is 20.9 Å². The number of anilines is 1. The van der Waals surface area contributed by atoms with Crippen LogP contribution in [-0.4, -0.2) is 35.8 Å². The number of hydrogen-bond donors (Lipinski definition) is 2. The fourth-order valence-corrected chi connectivity index (χ4v) is 3.59. The summed E-state index contributed by atoms with van der Waals surface area (Å²) in [5.74, 6) is -0.222. The molecule has 5 nitrogen and oxygen atoms in total. The molecular weight excluding hydrogens is 350 g/mol. The van der Waals surface area contributed by atoms with E-state index in [-0.39, 0.29) is 23.8 Å². The van der Waals surface area contributed by atoms with Crippen LogP contribution >= 0.6 is 11.6 Å². The van der Waals surface area contributed by atoms with Gasteiger partial charge in [-0.2, -0.15) is 0 Å². The molecule has 1 saturated carbocycles. The molecule has 0 spiro atoms. The van der Waals surface area contributed by atoms with Gasteiger partial charge in [0.15, 0.2) is 0 Å². The molecule has 0 saturated heterocycles. The minimum atomic E-state index is -0.572. The fraction of sp³-hybridized carbons (Fsp3) is 0.600. The number of benzene rings is 1. The number of amides is 2. The first kappa shape index (κ1) is 20.7. The van der Waals surface area contributed by atoms with E-state index in [9.17, 15) is 9.59 Å². The Bertz CT molecular complexity index is 644. The van der Waals surface area contributed by atoms with E-state index in [1.54, 1.807) is 23.1 Å². The molecule has 6 heteroatoms. The van der Waals surface area contributed by atoms with Gasteiger partial charge in [0.25, 0.3) is 5.91 Å². The van der Waals surface area contributed by atoms with Crippen molar-refractivity contribution in [3.8, 4) is 0 Å². The molecule has 1 fully saturated rings. The summed E-state index contributed by atoms with van der Waals surface area (Å²) in [7, 11) is 1.84. The van der Waals surface area contributed by atoms with Gasteiger partial charge in [0.2, 0.25) is 5.91 Å². The van der Waals surface area contributed by atoms with Crippen molar-refractivity contribution in [2.75, 3.05) is 12.4 Å². The molecule has 1 aliphatic rings. The molecule has 1 aromatic rings. The molecule has 2 atom stereocenters. The lowest BCUT2D eigenvalue weighted by atomic mass is 9.94. The van der Waals surface area contributed by atoms with Crippen LogP contribution < -0.4 is 11.1 Å². The zero-order valence-electron chi connectivity index (χ0n) is 15.9. The Hall–Kier alpha value is -1.59. The fourth-order valence-electron chi connectivity index (χ4n) is 3.33. The highest BCUT2D eigenvalue weighted by molar-refractivity contribution is 6.34. The van der Waals surface area contributed by atoms with Gasteiger partial charge in [-0.25, -0.2) is 0 Å². The van der Waals surface area contributed by atoms with Crippen molar-refractivity contribution in [2.24, 2.45) is 11.7 Å². The first-order valence-corrected chi connectivity index (χ1v) is 9.86. The van der Waals surface area contributed by atoms with Crippen molar-refractivity contribution in [2.45, 2.75) is 64.5 Å². The van der Waals surface area contributed by atoms with E-state index in [0.717, 1.165) is 32.1 Å². The van der Waals surface area contributed by atoms with Crippen LogP contribution in [0.25, 0.3) is 0 Å². The topological polar surface area (TPSA) is 75.4 Å². The smallest absolute Gasteiger partial charge is 0.255 e. The number of nitrogens with two attached hydrogens (primary N) is 1. The number of rotatable bonds is 6. The third-order valence-corrected chi connectivity index (χ3v) is 5.78. The molecule has 26 heavy (non-hydrogen) atoms. The maximum absolute atomic E-state index is 12.8. The number of carbonyl (C=O) groups excluding carboxylic acids is 2. The van der Waals surface area contributed by atoms with E-state index in [0.29, 0.717) is 16.3 Å². The second-order valence-electron chi connectivity index (χ2n) is 7.30. The molecule has 2 amide bonds. The third kappa shape index (κ3) is 4.98. The minimum Gasteiger partial charge on any atom is -0.339 e. The van der Waals surface area contributed by atoms with E-state index in [4.69, 9.17) is 17.3 Å². The zero-order valence-corrected chi connectivity index (χ0v) is 16.7. The second kappa shape index (κ2) is 9.38. The maximum Gasteiger partial charge on any atom is 0.255 e. The highest BCUT2D eigenvalue weighted by Gasteiger charge is 2.25. The van der Waals surface area contributed by atoms with Gasteiger partial charge in [-0.3, -0.25) is 9.59 Å². The van der Waals surface area contributed by atoms with E-state index >= 15 is 0 Å². The van der Waals surface area contributed by atoms with E-state index in [1.165, 1.54) is 6.42 Å². The number of nitrogens with zero attached hydrogens (tertiary/aromatic N) is 1. The molecule has 144 valence electrons. The first-order chi connectivity index (χ1) is 12.3. The summed E-state index contributed by atoms with van der Waals surface area (Å²) in [6, 6.07) is 4.70. The molecule has 2 rings (SSSR count). The van der Waals surface area contributed by atoms with Crippen molar-refractivity contribution in [3.63, 3.8) is 0 Å². The average Bonchev–Trinajstić information content (AvgIpc) is 2.66. The minimum absolute atomic E-state index is 0.0731. The Balaban J connectivity index is 2.06. The molecule has 3 N–H and O–H groups in total. The molecule has 0 radical (unpaired) electrons. The van der Waals surface area contributed by atoms with Crippen molar-refractivity contribution in [1.82, 2.24) is 4.90 Å². The lowest BCUT2D eigenvalue weighted by molar-refractivity contribution is -0.118. The van der Waals surface area contributed by atoms with Crippen LogP contribution in [0.15, 0.2) is 18.2 Å². The molecule has 0 bridgehead atoms. The van der Waals surface area contributed by atoms with Crippen molar-refractivity contribution >= 4 is 29.1 Å². The van der Waals surface area contributed by atoms with Gasteiger partial charge >= 0.3 is 0 Å². The molecule has 1 aliphatic carbocycles. The van der Waals surface area contributed by atoms with Crippen LogP contribution in [0.2, 0.25) is 5.02 Å².